The van der Waals surface area contributed by atoms with Crippen molar-refractivity contribution in [3.05, 3.63) is 54.4 Å². The highest BCUT2D eigenvalue weighted by Gasteiger charge is 2.24. The maximum Gasteiger partial charge on any atom is 0.259 e. The van der Waals surface area contributed by atoms with E-state index in [1.165, 1.54) is 0 Å². The van der Waals surface area contributed by atoms with E-state index in [0.717, 1.165) is 11.3 Å². The number of amides is 1. The number of carbonyl (C=O) groups excluding carboxylic acids is 1. The average molecular weight is 338 g/mol. The van der Waals surface area contributed by atoms with Crippen LogP contribution in [-0.4, -0.2) is 49.2 Å². The molecule has 1 atom stereocenters. The first-order valence-corrected chi connectivity index (χ1v) is 8.36. The van der Waals surface area contributed by atoms with Gasteiger partial charge in [0.05, 0.1) is 18.0 Å². The summed E-state index contributed by atoms with van der Waals surface area (Å²) in [5, 5.41) is 14.1. The van der Waals surface area contributed by atoms with Gasteiger partial charge in [-0.15, -0.1) is 0 Å². The van der Waals surface area contributed by atoms with Crippen LogP contribution in [0.1, 0.15) is 31.1 Å². The summed E-state index contributed by atoms with van der Waals surface area (Å²) in [6.45, 7) is 5.79. The summed E-state index contributed by atoms with van der Waals surface area (Å²) in [6.07, 6.45) is 2.64. The van der Waals surface area contributed by atoms with Crippen molar-refractivity contribution in [2.24, 2.45) is 0 Å². The Kier molecular flexibility index (Phi) is 4.81. The van der Waals surface area contributed by atoms with Gasteiger partial charge in [-0.25, -0.2) is 9.50 Å². The van der Waals surface area contributed by atoms with Crippen molar-refractivity contribution in [3.63, 3.8) is 0 Å². The molecular weight excluding hydrogens is 316 g/mol. The van der Waals surface area contributed by atoms with Crippen LogP contribution in [0.4, 0.5) is 0 Å². The third-order valence-electron chi connectivity index (χ3n) is 4.05. The van der Waals surface area contributed by atoms with Crippen LogP contribution >= 0.6 is 0 Å². The largest absolute Gasteiger partial charge is 0.392 e. The highest BCUT2D eigenvalue weighted by atomic mass is 16.3. The fourth-order valence-corrected chi connectivity index (χ4v) is 2.84. The minimum absolute atomic E-state index is 0.0330. The minimum Gasteiger partial charge on any atom is -0.392 e. The molecule has 6 nitrogen and oxygen atoms in total. The van der Waals surface area contributed by atoms with Gasteiger partial charge in [-0.05, 0) is 26.8 Å². The predicted octanol–water partition coefficient (Wildman–Crippen LogP) is 2.63. The standard InChI is InChI=1S/C19H22N4O2/c1-13(2)22(12-14(3)24)19(25)16-11-21-23-17(9-10-20-18(16)23)15-7-5-4-6-8-15/h4-11,13-14,24H,12H2,1-3H3. The molecule has 0 aliphatic carbocycles. The lowest BCUT2D eigenvalue weighted by Gasteiger charge is -2.27. The molecule has 0 bridgehead atoms. The zero-order chi connectivity index (χ0) is 18.0. The van der Waals surface area contributed by atoms with E-state index in [-0.39, 0.29) is 18.5 Å². The average Bonchev–Trinajstić information content (AvgIpc) is 3.03. The van der Waals surface area contributed by atoms with Crippen LogP contribution in [0, 0.1) is 0 Å². The molecule has 3 rings (SSSR count). The van der Waals surface area contributed by atoms with Gasteiger partial charge < -0.3 is 10.0 Å². The van der Waals surface area contributed by atoms with Gasteiger partial charge in [-0.1, -0.05) is 30.3 Å². The molecule has 1 N–H and O–H groups in total. The predicted molar refractivity (Wildman–Crippen MR) is 96.3 cm³/mol. The number of carbonyl (C=O) groups is 1. The highest BCUT2D eigenvalue weighted by molar-refractivity contribution is 6.00. The van der Waals surface area contributed by atoms with E-state index >= 15 is 0 Å². The first-order chi connectivity index (χ1) is 12.0. The summed E-state index contributed by atoms with van der Waals surface area (Å²) in [5.41, 5.74) is 2.83. The van der Waals surface area contributed by atoms with Crippen LogP contribution in [-0.2, 0) is 0 Å². The molecule has 1 amide bonds. The van der Waals surface area contributed by atoms with Crippen LogP contribution in [0.3, 0.4) is 0 Å². The maximum absolute atomic E-state index is 13.0. The topological polar surface area (TPSA) is 70.7 Å². The van der Waals surface area contributed by atoms with Crippen molar-refractivity contribution in [2.75, 3.05) is 6.54 Å². The summed E-state index contributed by atoms with van der Waals surface area (Å²) in [4.78, 5) is 19.0. The van der Waals surface area contributed by atoms with E-state index in [1.807, 2.05) is 50.2 Å². The van der Waals surface area contributed by atoms with Crippen LogP contribution in [0.2, 0.25) is 0 Å². The molecule has 0 radical (unpaired) electrons. The molecule has 0 spiro atoms. The van der Waals surface area contributed by atoms with Gasteiger partial charge in [0, 0.05) is 24.3 Å². The Morgan fingerprint density at radius 1 is 1.20 bits per heavy atom. The number of fused-ring (bicyclic) bond motifs is 1. The van der Waals surface area contributed by atoms with Crippen molar-refractivity contribution in [1.29, 1.82) is 0 Å². The third-order valence-corrected chi connectivity index (χ3v) is 4.05. The summed E-state index contributed by atoms with van der Waals surface area (Å²) < 4.78 is 1.68. The van der Waals surface area contributed by atoms with Gasteiger partial charge in [-0.2, -0.15) is 5.10 Å². The van der Waals surface area contributed by atoms with Crippen molar-refractivity contribution in [2.45, 2.75) is 32.9 Å². The van der Waals surface area contributed by atoms with E-state index in [9.17, 15) is 9.90 Å². The molecule has 0 saturated heterocycles. The smallest absolute Gasteiger partial charge is 0.259 e. The number of nitrogens with zero attached hydrogens (tertiary/aromatic N) is 4. The zero-order valence-corrected chi connectivity index (χ0v) is 14.6. The Balaban J connectivity index is 2.05. The number of aromatic nitrogens is 3. The molecule has 130 valence electrons. The number of hydrogen-bond acceptors (Lipinski definition) is 4. The quantitative estimate of drug-likeness (QED) is 0.776. The number of rotatable bonds is 5. The van der Waals surface area contributed by atoms with Crippen molar-refractivity contribution >= 4 is 11.6 Å². The van der Waals surface area contributed by atoms with Crippen LogP contribution < -0.4 is 0 Å². The normalized spacial score (nSPS) is 12.5. The highest BCUT2D eigenvalue weighted by Crippen LogP contribution is 2.21. The lowest BCUT2D eigenvalue weighted by atomic mass is 10.1. The van der Waals surface area contributed by atoms with E-state index < -0.39 is 6.10 Å². The molecule has 2 heterocycles. The molecule has 0 aliphatic rings. The molecule has 3 aromatic rings. The fraction of sp³-hybridized carbons (Fsp3) is 0.316. The van der Waals surface area contributed by atoms with Gasteiger partial charge >= 0.3 is 0 Å². The van der Waals surface area contributed by atoms with Crippen molar-refractivity contribution < 1.29 is 9.90 Å². The lowest BCUT2D eigenvalue weighted by Crippen LogP contribution is -2.41. The van der Waals surface area contributed by atoms with Crippen LogP contribution in [0.25, 0.3) is 16.9 Å². The summed E-state index contributed by atoms with van der Waals surface area (Å²) >= 11 is 0. The summed E-state index contributed by atoms with van der Waals surface area (Å²) in [7, 11) is 0. The van der Waals surface area contributed by atoms with E-state index in [2.05, 4.69) is 10.1 Å². The second kappa shape index (κ2) is 7.03. The van der Waals surface area contributed by atoms with Crippen LogP contribution in [0.5, 0.6) is 0 Å². The first-order valence-electron chi connectivity index (χ1n) is 8.36. The Morgan fingerprint density at radius 3 is 2.56 bits per heavy atom. The Labute approximate surface area is 146 Å². The molecule has 0 fully saturated rings. The second-order valence-electron chi connectivity index (χ2n) is 6.39. The Morgan fingerprint density at radius 2 is 1.92 bits per heavy atom. The molecular formula is C19H22N4O2. The summed E-state index contributed by atoms with van der Waals surface area (Å²) in [5.74, 6) is -0.177. The minimum atomic E-state index is -0.596. The molecule has 0 saturated carbocycles. The molecule has 0 aliphatic heterocycles. The van der Waals surface area contributed by atoms with E-state index in [4.69, 9.17) is 0 Å². The third kappa shape index (κ3) is 3.39. The molecule has 1 unspecified atom stereocenters. The number of benzene rings is 1. The van der Waals surface area contributed by atoms with Gasteiger partial charge in [0.25, 0.3) is 5.91 Å². The van der Waals surface area contributed by atoms with Gasteiger partial charge in [0.2, 0.25) is 0 Å². The Hall–Kier alpha value is -2.73. The maximum atomic E-state index is 13.0. The zero-order valence-electron chi connectivity index (χ0n) is 14.6. The Bertz CT molecular complexity index is 872. The van der Waals surface area contributed by atoms with Crippen molar-refractivity contribution in [1.82, 2.24) is 19.5 Å². The fourth-order valence-electron chi connectivity index (χ4n) is 2.84. The number of aliphatic hydroxyl groups is 1. The van der Waals surface area contributed by atoms with Gasteiger partial charge in [0.1, 0.15) is 5.56 Å². The lowest BCUT2D eigenvalue weighted by molar-refractivity contribution is 0.0580. The van der Waals surface area contributed by atoms with E-state index in [0.29, 0.717) is 11.2 Å². The van der Waals surface area contributed by atoms with Gasteiger partial charge in [0.15, 0.2) is 5.65 Å². The van der Waals surface area contributed by atoms with Gasteiger partial charge in [-0.3, -0.25) is 4.79 Å². The van der Waals surface area contributed by atoms with E-state index in [1.54, 1.807) is 28.7 Å². The SMILES string of the molecule is CC(O)CN(C(=O)c1cnn2c(-c3ccccc3)ccnc12)C(C)C. The molecule has 6 heteroatoms. The summed E-state index contributed by atoms with van der Waals surface area (Å²) in [6, 6.07) is 11.7. The first kappa shape index (κ1) is 17.1. The second-order valence-corrected chi connectivity index (χ2v) is 6.39. The molecule has 1 aromatic carbocycles. The number of aliphatic hydroxyl groups excluding tert-OH is 1. The molecule has 25 heavy (non-hydrogen) atoms. The number of hydrogen-bond donors (Lipinski definition) is 1. The monoisotopic (exact) mass is 338 g/mol. The van der Waals surface area contributed by atoms with Crippen molar-refractivity contribution in [3.8, 4) is 11.3 Å². The van der Waals surface area contributed by atoms with Crippen LogP contribution in [0.15, 0.2) is 48.8 Å². The molecule has 2 aromatic heterocycles.